The zero-order valence-electron chi connectivity index (χ0n) is 14.0. The molecular weight excluding hydrogens is 375 g/mol. The summed E-state index contributed by atoms with van der Waals surface area (Å²) in [5, 5.41) is 5.17. The maximum atomic E-state index is 13.0. The number of piperidine rings is 1. The fraction of sp³-hybridized carbons (Fsp3) is 0.529. The van der Waals surface area contributed by atoms with Crippen molar-refractivity contribution < 1.29 is 36.3 Å². The van der Waals surface area contributed by atoms with E-state index in [1.54, 1.807) is 0 Å². The van der Waals surface area contributed by atoms with Gasteiger partial charge in [0.25, 0.3) is 11.8 Å². The van der Waals surface area contributed by atoms with Gasteiger partial charge in [0.15, 0.2) is 0 Å². The Bertz CT molecular complexity index is 751. The lowest BCUT2D eigenvalue weighted by atomic mass is 10.0. The first-order valence-corrected chi connectivity index (χ1v) is 8.35. The highest BCUT2D eigenvalue weighted by Gasteiger charge is 2.57. The molecule has 2 fully saturated rings. The highest BCUT2D eigenvalue weighted by Crippen LogP contribution is 2.48. The lowest BCUT2D eigenvalue weighted by Crippen LogP contribution is -2.45. The second-order valence-corrected chi connectivity index (χ2v) is 6.69. The van der Waals surface area contributed by atoms with Crippen LogP contribution in [-0.2, 0) is 11.0 Å². The molecule has 1 saturated carbocycles. The van der Waals surface area contributed by atoms with E-state index in [0.29, 0.717) is 19.0 Å². The quantitative estimate of drug-likeness (QED) is 0.758. The molecule has 1 aliphatic heterocycles. The summed E-state index contributed by atoms with van der Waals surface area (Å²) >= 11 is 0. The molecule has 1 aromatic rings. The standard InChI is InChI=1S/C17H17F5N2O3/c18-16(19)7-10(16)8-27-13-5-9(17(20,21)22)1-2-12(13)15(26)24-11-3-4-23-14(25)6-11/h1-2,5,10-11H,3-4,6-8H2,(H,23,25)(H,24,26). The number of halogens is 5. The predicted octanol–water partition coefficient (Wildman–Crippen LogP) is 2.75. The first-order valence-electron chi connectivity index (χ1n) is 8.35. The Labute approximate surface area is 151 Å². The van der Waals surface area contributed by atoms with Crippen molar-refractivity contribution in [2.24, 2.45) is 5.92 Å². The van der Waals surface area contributed by atoms with Crippen molar-refractivity contribution >= 4 is 11.8 Å². The van der Waals surface area contributed by atoms with Gasteiger partial charge in [-0.1, -0.05) is 0 Å². The van der Waals surface area contributed by atoms with Gasteiger partial charge >= 0.3 is 6.18 Å². The van der Waals surface area contributed by atoms with Crippen LogP contribution in [0.2, 0.25) is 0 Å². The molecule has 0 aromatic heterocycles. The molecule has 3 rings (SSSR count). The first-order chi connectivity index (χ1) is 12.6. The number of hydrogen-bond acceptors (Lipinski definition) is 3. The molecule has 1 aromatic carbocycles. The van der Waals surface area contributed by atoms with Crippen LogP contribution in [0, 0.1) is 5.92 Å². The maximum absolute atomic E-state index is 13.0. The zero-order chi connectivity index (χ0) is 19.8. The Balaban J connectivity index is 1.77. The third-order valence-electron chi connectivity index (χ3n) is 4.53. The molecule has 27 heavy (non-hydrogen) atoms. The molecule has 10 heteroatoms. The van der Waals surface area contributed by atoms with E-state index in [1.165, 1.54) is 0 Å². The molecule has 0 bridgehead atoms. The predicted molar refractivity (Wildman–Crippen MR) is 83.5 cm³/mol. The second kappa shape index (κ2) is 6.97. The topological polar surface area (TPSA) is 67.4 Å². The SMILES string of the molecule is O=C1CC(NC(=O)c2ccc(C(F)(F)F)cc2OCC2CC2(F)F)CCN1. The number of amides is 2. The molecule has 1 saturated heterocycles. The van der Waals surface area contributed by atoms with E-state index < -0.39 is 54.3 Å². The Morgan fingerprint density at radius 3 is 2.63 bits per heavy atom. The summed E-state index contributed by atoms with van der Waals surface area (Å²) in [6.45, 7) is -0.114. The van der Waals surface area contributed by atoms with E-state index in [9.17, 15) is 31.5 Å². The van der Waals surface area contributed by atoms with Gasteiger partial charge in [-0.3, -0.25) is 9.59 Å². The van der Waals surface area contributed by atoms with Gasteiger partial charge in [0.1, 0.15) is 5.75 Å². The summed E-state index contributed by atoms with van der Waals surface area (Å²) < 4.78 is 69.9. The minimum atomic E-state index is -4.67. The summed E-state index contributed by atoms with van der Waals surface area (Å²) in [7, 11) is 0. The zero-order valence-corrected chi connectivity index (χ0v) is 14.0. The number of alkyl halides is 5. The largest absolute Gasteiger partial charge is 0.492 e. The van der Waals surface area contributed by atoms with Crippen LogP contribution in [0.5, 0.6) is 5.75 Å². The van der Waals surface area contributed by atoms with E-state index in [4.69, 9.17) is 4.74 Å². The highest BCUT2D eigenvalue weighted by atomic mass is 19.4. The molecule has 0 spiro atoms. The van der Waals surface area contributed by atoms with Gasteiger partial charge in [-0.05, 0) is 24.6 Å². The molecule has 1 aliphatic carbocycles. The smallest absolute Gasteiger partial charge is 0.416 e. The van der Waals surface area contributed by atoms with Crippen LogP contribution in [0.25, 0.3) is 0 Å². The van der Waals surface area contributed by atoms with Gasteiger partial charge in [-0.15, -0.1) is 0 Å². The Morgan fingerprint density at radius 1 is 1.33 bits per heavy atom. The average Bonchev–Trinajstić information content (AvgIpc) is 3.18. The fourth-order valence-corrected chi connectivity index (χ4v) is 2.82. The van der Waals surface area contributed by atoms with E-state index in [0.717, 1.165) is 12.1 Å². The van der Waals surface area contributed by atoms with Gasteiger partial charge in [0, 0.05) is 25.4 Å². The number of benzene rings is 1. The van der Waals surface area contributed by atoms with Crippen LogP contribution in [0.4, 0.5) is 22.0 Å². The lowest BCUT2D eigenvalue weighted by Gasteiger charge is -2.23. The number of hydrogen-bond donors (Lipinski definition) is 2. The van der Waals surface area contributed by atoms with Crippen molar-refractivity contribution in [1.82, 2.24) is 10.6 Å². The molecule has 2 amide bonds. The molecule has 2 aliphatic rings. The molecule has 2 N–H and O–H groups in total. The normalized spacial score (nSPS) is 24.1. The van der Waals surface area contributed by atoms with Crippen molar-refractivity contribution in [3.63, 3.8) is 0 Å². The molecule has 0 radical (unpaired) electrons. The van der Waals surface area contributed by atoms with E-state index >= 15 is 0 Å². The van der Waals surface area contributed by atoms with Gasteiger partial charge in [-0.25, -0.2) is 8.78 Å². The van der Waals surface area contributed by atoms with Crippen molar-refractivity contribution in [2.75, 3.05) is 13.2 Å². The van der Waals surface area contributed by atoms with Gasteiger partial charge in [0.05, 0.1) is 23.7 Å². The summed E-state index contributed by atoms with van der Waals surface area (Å²) in [4.78, 5) is 23.8. The Morgan fingerprint density at radius 2 is 2.04 bits per heavy atom. The third-order valence-corrected chi connectivity index (χ3v) is 4.53. The molecule has 148 valence electrons. The van der Waals surface area contributed by atoms with E-state index in [-0.39, 0.29) is 17.9 Å². The fourth-order valence-electron chi connectivity index (χ4n) is 2.82. The second-order valence-electron chi connectivity index (χ2n) is 6.69. The van der Waals surface area contributed by atoms with Crippen LogP contribution in [0.3, 0.4) is 0 Å². The summed E-state index contributed by atoms with van der Waals surface area (Å²) in [6, 6.07) is 1.83. The summed E-state index contributed by atoms with van der Waals surface area (Å²) in [5.74, 6) is -5.35. The molecule has 5 nitrogen and oxygen atoms in total. The van der Waals surface area contributed by atoms with Crippen LogP contribution >= 0.6 is 0 Å². The number of rotatable bonds is 5. The molecule has 2 unspecified atom stereocenters. The Kier molecular flexibility index (Phi) is 5.00. The molecule has 1 heterocycles. The minimum Gasteiger partial charge on any atom is -0.492 e. The highest BCUT2D eigenvalue weighted by molar-refractivity contribution is 5.97. The van der Waals surface area contributed by atoms with Crippen molar-refractivity contribution in [1.29, 1.82) is 0 Å². The van der Waals surface area contributed by atoms with Gasteiger partial charge in [-0.2, -0.15) is 13.2 Å². The van der Waals surface area contributed by atoms with E-state index in [1.807, 2.05) is 0 Å². The number of carbonyl (C=O) groups excluding carboxylic acids is 2. The molecular formula is C17H17F5N2O3. The number of carbonyl (C=O) groups is 2. The minimum absolute atomic E-state index is 0.0524. The van der Waals surface area contributed by atoms with Gasteiger partial charge < -0.3 is 15.4 Å². The Hall–Kier alpha value is -2.39. The lowest BCUT2D eigenvalue weighted by molar-refractivity contribution is -0.137. The first kappa shape index (κ1) is 19.4. The van der Waals surface area contributed by atoms with Crippen LogP contribution < -0.4 is 15.4 Å². The average molecular weight is 392 g/mol. The monoisotopic (exact) mass is 392 g/mol. The summed E-state index contributed by atoms with van der Waals surface area (Å²) in [5.41, 5.74) is -1.24. The van der Waals surface area contributed by atoms with E-state index in [2.05, 4.69) is 10.6 Å². The van der Waals surface area contributed by atoms with Crippen molar-refractivity contribution in [2.45, 2.75) is 37.4 Å². The van der Waals surface area contributed by atoms with Gasteiger partial charge in [0.2, 0.25) is 5.91 Å². The van der Waals surface area contributed by atoms with Crippen LogP contribution in [0.15, 0.2) is 18.2 Å². The maximum Gasteiger partial charge on any atom is 0.416 e. The molecule has 2 atom stereocenters. The third kappa shape index (κ3) is 4.67. The van der Waals surface area contributed by atoms with Crippen molar-refractivity contribution in [3.8, 4) is 5.75 Å². The van der Waals surface area contributed by atoms with Crippen LogP contribution in [-0.4, -0.2) is 36.9 Å². The van der Waals surface area contributed by atoms with Crippen molar-refractivity contribution in [3.05, 3.63) is 29.3 Å². The number of ether oxygens (including phenoxy) is 1. The number of nitrogens with one attached hydrogen (secondary N) is 2. The van der Waals surface area contributed by atoms with Crippen LogP contribution in [0.1, 0.15) is 35.2 Å². The summed E-state index contributed by atoms with van der Waals surface area (Å²) in [6.07, 6.45) is -4.54.